The van der Waals surface area contributed by atoms with E-state index in [0.29, 0.717) is 0 Å². The van der Waals surface area contributed by atoms with Gasteiger partial charge in [0.15, 0.2) is 0 Å². The predicted octanol–water partition coefficient (Wildman–Crippen LogP) is 3.48. The number of rotatable bonds is 5. The molecule has 1 fully saturated rings. The van der Waals surface area contributed by atoms with Crippen LogP contribution in [0, 0.1) is 0 Å². The molecule has 1 N–H and O–H groups in total. The zero-order chi connectivity index (χ0) is 18.8. The predicted molar refractivity (Wildman–Crippen MR) is 106 cm³/mol. The van der Waals surface area contributed by atoms with Crippen molar-refractivity contribution in [1.82, 2.24) is 5.32 Å². The largest absolute Gasteiger partial charge is 0.493 e. The van der Waals surface area contributed by atoms with E-state index < -0.39 is 0 Å². The minimum absolute atomic E-state index is 0.00214. The fourth-order valence-corrected chi connectivity index (χ4v) is 3.84. The first-order chi connectivity index (χ1) is 13.1. The Hall–Kier alpha value is -2.69. The number of ether oxygens (including phenoxy) is 2. The van der Waals surface area contributed by atoms with Crippen molar-refractivity contribution < 1.29 is 14.3 Å². The summed E-state index contributed by atoms with van der Waals surface area (Å²) in [5, 5.41) is 2.90. The van der Waals surface area contributed by atoms with E-state index in [-0.39, 0.29) is 18.1 Å². The molecular formula is C22H26N2O3. The van der Waals surface area contributed by atoms with Crippen LogP contribution >= 0.6 is 0 Å². The number of carbonyl (C=O) groups excluding carboxylic acids is 1. The van der Waals surface area contributed by atoms with Gasteiger partial charge < -0.3 is 19.7 Å². The van der Waals surface area contributed by atoms with Crippen LogP contribution < -0.4 is 19.7 Å². The van der Waals surface area contributed by atoms with Crippen molar-refractivity contribution in [2.75, 3.05) is 24.6 Å². The number of anilines is 1. The molecule has 0 saturated carbocycles. The van der Waals surface area contributed by atoms with Gasteiger partial charge in [0.05, 0.1) is 19.2 Å². The summed E-state index contributed by atoms with van der Waals surface area (Å²) >= 11 is 0. The van der Waals surface area contributed by atoms with Crippen LogP contribution in [0.3, 0.4) is 0 Å². The molecule has 2 aliphatic heterocycles. The molecule has 27 heavy (non-hydrogen) atoms. The number of benzene rings is 2. The molecule has 2 unspecified atom stereocenters. The summed E-state index contributed by atoms with van der Waals surface area (Å²) < 4.78 is 11.8. The van der Waals surface area contributed by atoms with Gasteiger partial charge in [-0.25, -0.2) is 0 Å². The normalized spacial score (nSPS) is 19.3. The van der Waals surface area contributed by atoms with Crippen LogP contribution in [0.15, 0.2) is 42.5 Å². The van der Waals surface area contributed by atoms with Gasteiger partial charge in [0.1, 0.15) is 17.6 Å². The summed E-state index contributed by atoms with van der Waals surface area (Å²) in [5.74, 6) is 1.88. The van der Waals surface area contributed by atoms with Crippen LogP contribution in [0.1, 0.15) is 37.4 Å². The summed E-state index contributed by atoms with van der Waals surface area (Å²) in [6.45, 7) is 6.20. The summed E-state index contributed by atoms with van der Waals surface area (Å²) in [7, 11) is 0. The number of hydrogen-bond donors (Lipinski definition) is 1. The van der Waals surface area contributed by atoms with E-state index in [9.17, 15) is 4.79 Å². The van der Waals surface area contributed by atoms with Crippen molar-refractivity contribution in [2.45, 2.75) is 38.8 Å². The average Bonchev–Trinajstić information content (AvgIpc) is 3.30. The number of carbonyl (C=O) groups is 1. The van der Waals surface area contributed by atoms with Gasteiger partial charge in [-0.15, -0.1) is 0 Å². The quantitative estimate of drug-likeness (QED) is 0.880. The molecule has 2 aliphatic rings. The van der Waals surface area contributed by atoms with Gasteiger partial charge in [-0.05, 0) is 48.4 Å². The van der Waals surface area contributed by atoms with E-state index in [1.807, 2.05) is 31.2 Å². The summed E-state index contributed by atoms with van der Waals surface area (Å²) in [6.07, 6.45) is 2.20. The molecule has 2 aromatic rings. The smallest absolute Gasteiger partial charge is 0.217 e. The van der Waals surface area contributed by atoms with E-state index in [1.165, 1.54) is 18.2 Å². The molecule has 5 heteroatoms. The van der Waals surface area contributed by atoms with Gasteiger partial charge in [0, 0.05) is 32.0 Å². The molecule has 2 aromatic carbocycles. The lowest BCUT2D eigenvalue weighted by molar-refractivity contribution is -0.119. The maximum Gasteiger partial charge on any atom is 0.217 e. The molecule has 0 radical (unpaired) electrons. The van der Waals surface area contributed by atoms with E-state index in [0.717, 1.165) is 49.6 Å². The minimum Gasteiger partial charge on any atom is -0.493 e. The zero-order valence-corrected chi connectivity index (χ0v) is 15.9. The summed E-state index contributed by atoms with van der Waals surface area (Å²) in [4.78, 5) is 13.6. The second kappa shape index (κ2) is 7.51. The van der Waals surface area contributed by atoms with Gasteiger partial charge in [0.2, 0.25) is 5.91 Å². The molecule has 0 aromatic heterocycles. The lowest BCUT2D eigenvalue weighted by atomic mass is 10.1. The highest BCUT2D eigenvalue weighted by atomic mass is 16.5. The van der Waals surface area contributed by atoms with Crippen molar-refractivity contribution >= 4 is 11.6 Å². The second-order valence-electron chi connectivity index (χ2n) is 7.36. The number of hydrogen-bond acceptors (Lipinski definition) is 4. The van der Waals surface area contributed by atoms with Crippen LogP contribution in [-0.4, -0.2) is 31.7 Å². The Morgan fingerprint density at radius 3 is 2.85 bits per heavy atom. The molecule has 5 nitrogen and oxygen atoms in total. The number of fused-ring (bicyclic) bond motifs is 1. The summed E-state index contributed by atoms with van der Waals surface area (Å²) in [5.41, 5.74) is 3.64. The fraction of sp³-hybridized carbons (Fsp3) is 0.409. The van der Waals surface area contributed by atoms with Crippen LogP contribution in [-0.2, 0) is 11.2 Å². The standard InChI is InChI=1S/C22H26N2O3/c1-15(23-16(2)25)17-3-6-20(7-4-17)27-21-9-11-24(14-21)19-5-8-22-18(13-19)10-12-26-22/h3-8,13,15,21H,9-12,14H2,1-2H3,(H,23,25). The van der Waals surface area contributed by atoms with Gasteiger partial charge in [-0.1, -0.05) is 12.1 Å². The topological polar surface area (TPSA) is 50.8 Å². The fourth-order valence-electron chi connectivity index (χ4n) is 3.84. The lowest BCUT2D eigenvalue weighted by Gasteiger charge is -2.20. The molecule has 1 saturated heterocycles. The third kappa shape index (κ3) is 4.02. The average molecular weight is 366 g/mol. The molecule has 1 amide bonds. The maximum absolute atomic E-state index is 11.2. The molecular weight excluding hydrogens is 340 g/mol. The molecule has 4 rings (SSSR count). The Morgan fingerprint density at radius 2 is 2.07 bits per heavy atom. The van der Waals surface area contributed by atoms with E-state index in [4.69, 9.17) is 9.47 Å². The molecule has 0 spiro atoms. The second-order valence-corrected chi connectivity index (χ2v) is 7.36. The highest BCUT2D eigenvalue weighted by molar-refractivity contribution is 5.73. The van der Waals surface area contributed by atoms with Crippen molar-refractivity contribution in [2.24, 2.45) is 0 Å². The van der Waals surface area contributed by atoms with Crippen LogP contribution in [0.2, 0.25) is 0 Å². The molecule has 142 valence electrons. The Bertz CT molecular complexity index is 819. The van der Waals surface area contributed by atoms with Gasteiger partial charge in [-0.2, -0.15) is 0 Å². The highest BCUT2D eigenvalue weighted by Crippen LogP contribution is 2.31. The van der Waals surface area contributed by atoms with Crippen LogP contribution in [0.4, 0.5) is 5.69 Å². The number of nitrogens with one attached hydrogen (secondary N) is 1. The van der Waals surface area contributed by atoms with Crippen LogP contribution in [0.5, 0.6) is 11.5 Å². The molecule has 2 heterocycles. The number of nitrogens with zero attached hydrogens (tertiary/aromatic N) is 1. The van der Waals surface area contributed by atoms with E-state index in [2.05, 4.69) is 28.4 Å². The summed E-state index contributed by atoms with van der Waals surface area (Å²) in [6, 6.07) is 14.5. The maximum atomic E-state index is 11.2. The first kappa shape index (κ1) is 17.7. The van der Waals surface area contributed by atoms with Crippen LogP contribution in [0.25, 0.3) is 0 Å². The third-order valence-electron chi connectivity index (χ3n) is 5.29. The Kier molecular flexibility index (Phi) is 4.92. The number of amides is 1. The first-order valence-corrected chi connectivity index (χ1v) is 9.63. The lowest BCUT2D eigenvalue weighted by Crippen LogP contribution is -2.24. The zero-order valence-electron chi connectivity index (χ0n) is 15.9. The van der Waals surface area contributed by atoms with Gasteiger partial charge in [0.25, 0.3) is 0 Å². The Morgan fingerprint density at radius 1 is 1.26 bits per heavy atom. The molecule has 0 aliphatic carbocycles. The van der Waals surface area contributed by atoms with Gasteiger partial charge in [-0.3, -0.25) is 4.79 Å². The SMILES string of the molecule is CC(=O)NC(C)c1ccc(OC2CCN(c3ccc4c(c3)CCO4)C2)cc1. The van der Waals surface area contributed by atoms with Crippen molar-refractivity contribution in [3.63, 3.8) is 0 Å². The minimum atomic E-state index is -0.0213. The van der Waals surface area contributed by atoms with E-state index in [1.54, 1.807) is 0 Å². The molecule has 2 atom stereocenters. The monoisotopic (exact) mass is 366 g/mol. The van der Waals surface area contributed by atoms with Crippen molar-refractivity contribution in [3.05, 3.63) is 53.6 Å². The first-order valence-electron chi connectivity index (χ1n) is 9.63. The molecule has 0 bridgehead atoms. The van der Waals surface area contributed by atoms with Gasteiger partial charge >= 0.3 is 0 Å². The van der Waals surface area contributed by atoms with Crippen molar-refractivity contribution in [3.8, 4) is 11.5 Å². The third-order valence-corrected chi connectivity index (χ3v) is 5.29. The highest BCUT2D eigenvalue weighted by Gasteiger charge is 2.25. The van der Waals surface area contributed by atoms with Crippen molar-refractivity contribution in [1.29, 1.82) is 0 Å². The Balaban J connectivity index is 1.35. The van der Waals surface area contributed by atoms with E-state index >= 15 is 0 Å². The Labute approximate surface area is 160 Å².